The fourth-order valence-electron chi connectivity index (χ4n) is 1.09. The molecule has 1 N–H and O–H groups in total. The normalized spacial score (nSPS) is 17.2. The zero-order valence-corrected chi connectivity index (χ0v) is 8.13. The lowest BCUT2D eigenvalue weighted by molar-refractivity contribution is -0.124. The molecular formula is C9H12F2N2O2. The molecule has 0 aromatic carbocycles. The van der Waals surface area contributed by atoms with Crippen LogP contribution in [-0.2, 0) is 9.53 Å². The van der Waals surface area contributed by atoms with Crippen LogP contribution in [0.25, 0.3) is 0 Å². The SMILES string of the molecule is N#CC1(C(=O)NCCOCC(F)F)CC1. The molecule has 0 bridgehead atoms. The van der Waals surface area contributed by atoms with E-state index in [1.54, 1.807) is 0 Å². The summed E-state index contributed by atoms with van der Waals surface area (Å²) in [5.74, 6) is -0.328. The fraction of sp³-hybridized carbons (Fsp3) is 0.778. The van der Waals surface area contributed by atoms with Gasteiger partial charge in [0.2, 0.25) is 5.91 Å². The van der Waals surface area contributed by atoms with Gasteiger partial charge in [-0.05, 0) is 12.8 Å². The van der Waals surface area contributed by atoms with Crippen molar-refractivity contribution in [1.82, 2.24) is 5.32 Å². The minimum atomic E-state index is -2.49. The van der Waals surface area contributed by atoms with Crippen molar-refractivity contribution < 1.29 is 18.3 Å². The Balaban J connectivity index is 2.06. The Bertz CT molecular complexity index is 272. The first-order valence-electron chi connectivity index (χ1n) is 4.66. The summed E-state index contributed by atoms with van der Waals surface area (Å²) in [7, 11) is 0. The van der Waals surface area contributed by atoms with Crippen molar-refractivity contribution in [2.24, 2.45) is 5.41 Å². The van der Waals surface area contributed by atoms with Gasteiger partial charge in [-0.15, -0.1) is 0 Å². The summed E-state index contributed by atoms with van der Waals surface area (Å²) < 4.78 is 27.8. The highest BCUT2D eigenvalue weighted by atomic mass is 19.3. The molecule has 15 heavy (non-hydrogen) atoms. The van der Waals surface area contributed by atoms with Crippen molar-refractivity contribution in [3.63, 3.8) is 0 Å². The highest BCUT2D eigenvalue weighted by Gasteiger charge is 2.50. The Hall–Kier alpha value is -1.22. The molecule has 1 amide bonds. The van der Waals surface area contributed by atoms with Crippen molar-refractivity contribution in [2.45, 2.75) is 19.3 Å². The number of ether oxygens (including phenoxy) is 1. The second-order valence-corrected chi connectivity index (χ2v) is 3.42. The number of halogens is 2. The second-order valence-electron chi connectivity index (χ2n) is 3.42. The highest BCUT2D eigenvalue weighted by Crippen LogP contribution is 2.44. The van der Waals surface area contributed by atoms with E-state index in [1.807, 2.05) is 6.07 Å². The maximum Gasteiger partial charge on any atom is 0.261 e. The first-order chi connectivity index (χ1) is 7.10. The van der Waals surface area contributed by atoms with Crippen LogP contribution in [0, 0.1) is 16.7 Å². The van der Waals surface area contributed by atoms with Gasteiger partial charge in [0, 0.05) is 6.54 Å². The Kier molecular flexibility index (Phi) is 3.97. The number of alkyl halides is 2. The monoisotopic (exact) mass is 218 g/mol. The molecule has 0 radical (unpaired) electrons. The molecule has 6 heteroatoms. The summed E-state index contributed by atoms with van der Waals surface area (Å²) in [6.07, 6.45) is -1.34. The predicted molar refractivity (Wildman–Crippen MR) is 47.1 cm³/mol. The maximum atomic E-state index is 11.6. The smallest absolute Gasteiger partial charge is 0.261 e. The molecule has 0 aromatic heterocycles. The maximum absolute atomic E-state index is 11.6. The predicted octanol–water partition coefficient (Wildman–Crippen LogP) is 0.688. The first kappa shape index (κ1) is 11.9. The van der Waals surface area contributed by atoms with Crippen molar-refractivity contribution >= 4 is 5.91 Å². The minimum Gasteiger partial charge on any atom is -0.374 e. The molecule has 0 heterocycles. The molecular weight excluding hydrogens is 206 g/mol. The Morgan fingerprint density at radius 1 is 1.60 bits per heavy atom. The Morgan fingerprint density at radius 3 is 2.73 bits per heavy atom. The van der Waals surface area contributed by atoms with Crippen LogP contribution in [0.2, 0.25) is 0 Å². The number of hydrogen-bond donors (Lipinski definition) is 1. The van der Waals surface area contributed by atoms with E-state index in [2.05, 4.69) is 10.1 Å². The van der Waals surface area contributed by atoms with Gasteiger partial charge in [0.1, 0.15) is 12.0 Å². The molecule has 1 fully saturated rings. The zero-order chi connectivity index (χ0) is 11.3. The average Bonchev–Trinajstić information content (AvgIpc) is 2.97. The average molecular weight is 218 g/mol. The van der Waals surface area contributed by atoms with Gasteiger partial charge in [-0.3, -0.25) is 4.79 Å². The molecule has 0 atom stereocenters. The third-order valence-electron chi connectivity index (χ3n) is 2.17. The molecule has 4 nitrogen and oxygen atoms in total. The van der Waals surface area contributed by atoms with Crippen LogP contribution < -0.4 is 5.32 Å². The van der Waals surface area contributed by atoms with E-state index >= 15 is 0 Å². The van der Waals surface area contributed by atoms with Crippen LogP contribution in [0.4, 0.5) is 8.78 Å². The zero-order valence-electron chi connectivity index (χ0n) is 8.13. The molecule has 1 aliphatic carbocycles. The number of nitrogens with one attached hydrogen (secondary N) is 1. The molecule has 84 valence electrons. The summed E-state index contributed by atoms with van der Waals surface area (Å²) >= 11 is 0. The van der Waals surface area contributed by atoms with Gasteiger partial charge in [-0.25, -0.2) is 8.78 Å². The number of rotatable bonds is 6. The van der Waals surface area contributed by atoms with E-state index in [1.165, 1.54) is 0 Å². The third kappa shape index (κ3) is 3.44. The molecule has 0 spiro atoms. The van der Waals surface area contributed by atoms with Gasteiger partial charge in [0.15, 0.2) is 0 Å². The number of carbonyl (C=O) groups excluding carboxylic acids is 1. The van der Waals surface area contributed by atoms with E-state index in [4.69, 9.17) is 5.26 Å². The summed E-state index contributed by atoms with van der Waals surface area (Å²) in [6.45, 7) is -0.425. The second kappa shape index (κ2) is 5.03. The number of hydrogen-bond acceptors (Lipinski definition) is 3. The molecule has 0 saturated heterocycles. The molecule has 1 aliphatic rings. The van der Waals surface area contributed by atoms with E-state index in [0.717, 1.165) is 0 Å². The Labute approximate surface area is 86.2 Å². The summed E-state index contributed by atoms with van der Waals surface area (Å²) in [5, 5.41) is 11.1. The summed E-state index contributed by atoms with van der Waals surface area (Å²) in [6, 6.07) is 1.94. The standard InChI is InChI=1S/C9H12F2N2O2/c10-7(11)5-15-4-3-13-8(14)9(6-12)1-2-9/h7H,1-5H2,(H,13,14). The fourth-order valence-corrected chi connectivity index (χ4v) is 1.09. The van der Waals surface area contributed by atoms with Crippen LogP contribution in [0.5, 0.6) is 0 Å². The number of nitrogens with zero attached hydrogens (tertiary/aromatic N) is 1. The highest BCUT2D eigenvalue weighted by molar-refractivity contribution is 5.88. The van der Waals surface area contributed by atoms with E-state index in [0.29, 0.717) is 12.8 Å². The van der Waals surface area contributed by atoms with E-state index in [-0.39, 0.29) is 19.1 Å². The molecule has 0 unspecified atom stereocenters. The number of amides is 1. The Morgan fingerprint density at radius 2 is 2.27 bits per heavy atom. The van der Waals surface area contributed by atoms with Gasteiger partial charge in [0.25, 0.3) is 6.43 Å². The molecule has 1 saturated carbocycles. The van der Waals surface area contributed by atoms with Crippen molar-refractivity contribution in [3.05, 3.63) is 0 Å². The largest absolute Gasteiger partial charge is 0.374 e. The lowest BCUT2D eigenvalue weighted by Gasteiger charge is -2.08. The van der Waals surface area contributed by atoms with Crippen LogP contribution in [0.1, 0.15) is 12.8 Å². The number of carbonyl (C=O) groups is 1. The van der Waals surface area contributed by atoms with Crippen LogP contribution in [-0.4, -0.2) is 32.1 Å². The van der Waals surface area contributed by atoms with Crippen molar-refractivity contribution in [2.75, 3.05) is 19.8 Å². The van der Waals surface area contributed by atoms with Crippen LogP contribution in [0.3, 0.4) is 0 Å². The van der Waals surface area contributed by atoms with Gasteiger partial charge >= 0.3 is 0 Å². The van der Waals surface area contributed by atoms with E-state index < -0.39 is 18.4 Å². The number of nitriles is 1. The van der Waals surface area contributed by atoms with Gasteiger partial charge in [0.05, 0.1) is 12.7 Å². The van der Waals surface area contributed by atoms with Crippen LogP contribution >= 0.6 is 0 Å². The van der Waals surface area contributed by atoms with Crippen LogP contribution in [0.15, 0.2) is 0 Å². The van der Waals surface area contributed by atoms with Gasteiger partial charge < -0.3 is 10.1 Å². The van der Waals surface area contributed by atoms with Gasteiger partial charge in [-0.1, -0.05) is 0 Å². The first-order valence-corrected chi connectivity index (χ1v) is 4.66. The third-order valence-corrected chi connectivity index (χ3v) is 2.17. The van der Waals surface area contributed by atoms with Crippen molar-refractivity contribution in [1.29, 1.82) is 5.26 Å². The quantitative estimate of drug-likeness (QED) is 0.667. The lowest BCUT2D eigenvalue weighted by atomic mass is 10.1. The summed E-state index contributed by atoms with van der Waals surface area (Å²) in [4.78, 5) is 11.3. The van der Waals surface area contributed by atoms with Crippen molar-refractivity contribution in [3.8, 4) is 6.07 Å². The molecule has 1 rings (SSSR count). The summed E-state index contributed by atoms with van der Waals surface area (Å²) in [5.41, 5.74) is -0.858. The molecule has 0 aliphatic heterocycles. The topological polar surface area (TPSA) is 62.1 Å². The van der Waals surface area contributed by atoms with Gasteiger partial charge in [-0.2, -0.15) is 5.26 Å². The molecule has 0 aromatic rings. The lowest BCUT2D eigenvalue weighted by Crippen LogP contribution is -2.33. The minimum absolute atomic E-state index is 0.0393. The van der Waals surface area contributed by atoms with E-state index in [9.17, 15) is 13.6 Å².